The summed E-state index contributed by atoms with van der Waals surface area (Å²) in [6, 6.07) is 8.19. The maximum atomic E-state index is 10.2. The molecule has 1 N–H and O–H groups in total. The molecule has 0 radical (unpaired) electrons. The molecule has 0 amide bonds. The van der Waals surface area contributed by atoms with Crippen LogP contribution in [0.2, 0.25) is 0 Å². The van der Waals surface area contributed by atoms with Gasteiger partial charge in [-0.2, -0.15) is 5.10 Å². The minimum Gasteiger partial charge on any atom is -0.504 e. The van der Waals surface area contributed by atoms with Crippen molar-refractivity contribution >= 4 is 0 Å². The first kappa shape index (κ1) is 14.9. The number of benzene rings is 1. The van der Waals surface area contributed by atoms with E-state index in [-0.39, 0.29) is 5.75 Å². The van der Waals surface area contributed by atoms with Gasteiger partial charge in [-0.05, 0) is 32.4 Å². The highest BCUT2D eigenvalue weighted by Gasteiger charge is 2.26. The summed E-state index contributed by atoms with van der Waals surface area (Å²) in [4.78, 5) is 2.36. The van der Waals surface area contributed by atoms with Crippen molar-refractivity contribution in [3.63, 3.8) is 0 Å². The SMILES string of the molecule is COc1cccc(CN2CC[C@@H](n3nc(C)cc3C)C2)c1O. The van der Waals surface area contributed by atoms with E-state index in [9.17, 15) is 5.11 Å². The molecule has 0 bridgehead atoms. The molecule has 1 aromatic carbocycles. The number of methoxy groups -OCH3 is 1. The van der Waals surface area contributed by atoms with Crippen LogP contribution < -0.4 is 4.74 Å². The van der Waals surface area contributed by atoms with E-state index in [2.05, 4.69) is 27.7 Å². The largest absolute Gasteiger partial charge is 0.504 e. The molecule has 2 aromatic rings. The Morgan fingerprint density at radius 1 is 1.36 bits per heavy atom. The molecule has 5 nitrogen and oxygen atoms in total. The predicted molar refractivity (Wildman–Crippen MR) is 85.3 cm³/mol. The zero-order valence-corrected chi connectivity index (χ0v) is 13.4. The maximum absolute atomic E-state index is 10.2. The molecule has 0 aliphatic carbocycles. The van der Waals surface area contributed by atoms with Crippen molar-refractivity contribution in [3.8, 4) is 11.5 Å². The van der Waals surface area contributed by atoms with Crippen LogP contribution in [0.1, 0.15) is 29.4 Å². The van der Waals surface area contributed by atoms with Crippen LogP contribution in [0.25, 0.3) is 0 Å². The third kappa shape index (κ3) is 2.81. The van der Waals surface area contributed by atoms with Crippen LogP contribution in [0.3, 0.4) is 0 Å². The van der Waals surface area contributed by atoms with Crippen LogP contribution in [-0.4, -0.2) is 40.0 Å². The normalized spacial score (nSPS) is 18.8. The summed E-state index contributed by atoms with van der Waals surface area (Å²) >= 11 is 0. The molecule has 0 unspecified atom stereocenters. The Labute approximate surface area is 131 Å². The minimum atomic E-state index is 0.250. The lowest BCUT2D eigenvalue weighted by Gasteiger charge is -2.18. The molecule has 2 heterocycles. The highest BCUT2D eigenvalue weighted by atomic mass is 16.5. The van der Waals surface area contributed by atoms with Crippen molar-refractivity contribution < 1.29 is 9.84 Å². The second kappa shape index (κ2) is 6.01. The molecule has 1 aliphatic rings. The monoisotopic (exact) mass is 301 g/mol. The van der Waals surface area contributed by atoms with Crippen molar-refractivity contribution in [1.82, 2.24) is 14.7 Å². The van der Waals surface area contributed by atoms with E-state index >= 15 is 0 Å². The average Bonchev–Trinajstić information content (AvgIpc) is 3.07. The van der Waals surface area contributed by atoms with Crippen molar-refractivity contribution in [2.45, 2.75) is 32.9 Å². The van der Waals surface area contributed by atoms with Crippen molar-refractivity contribution in [1.29, 1.82) is 0 Å². The number of para-hydroxylation sites is 1. The topological polar surface area (TPSA) is 50.5 Å². The van der Waals surface area contributed by atoms with Gasteiger partial charge in [0.05, 0.1) is 18.8 Å². The lowest BCUT2D eigenvalue weighted by atomic mass is 10.1. The summed E-state index contributed by atoms with van der Waals surface area (Å²) in [6.07, 6.45) is 1.09. The Balaban J connectivity index is 1.70. The Hall–Kier alpha value is -2.01. The van der Waals surface area contributed by atoms with Crippen molar-refractivity contribution in [3.05, 3.63) is 41.2 Å². The number of aryl methyl sites for hydroxylation is 2. The Morgan fingerprint density at radius 3 is 2.86 bits per heavy atom. The Kier molecular flexibility index (Phi) is 4.07. The van der Waals surface area contributed by atoms with Gasteiger partial charge in [-0.25, -0.2) is 0 Å². The predicted octanol–water partition coefficient (Wildman–Crippen LogP) is 2.66. The van der Waals surface area contributed by atoms with Gasteiger partial charge >= 0.3 is 0 Å². The van der Waals surface area contributed by atoms with E-state index in [0.717, 1.165) is 37.3 Å². The lowest BCUT2D eigenvalue weighted by molar-refractivity contribution is 0.301. The summed E-state index contributed by atoms with van der Waals surface area (Å²) in [6.45, 7) is 6.85. The lowest BCUT2D eigenvalue weighted by Crippen LogP contribution is -2.22. The third-order valence-corrected chi connectivity index (χ3v) is 4.33. The first-order chi connectivity index (χ1) is 10.6. The van der Waals surface area contributed by atoms with Gasteiger partial charge in [0.1, 0.15) is 0 Å². The summed E-state index contributed by atoms with van der Waals surface area (Å²) in [5, 5.41) is 14.8. The highest BCUT2D eigenvalue weighted by Crippen LogP contribution is 2.32. The number of likely N-dealkylation sites (tertiary alicyclic amines) is 1. The number of phenols is 1. The second-order valence-corrected chi connectivity index (χ2v) is 6.02. The van der Waals surface area contributed by atoms with Gasteiger partial charge in [0.15, 0.2) is 11.5 Å². The number of nitrogens with zero attached hydrogens (tertiary/aromatic N) is 3. The van der Waals surface area contributed by atoms with Crippen LogP contribution in [-0.2, 0) is 6.54 Å². The maximum Gasteiger partial charge on any atom is 0.162 e. The smallest absolute Gasteiger partial charge is 0.162 e. The number of rotatable bonds is 4. The zero-order valence-electron chi connectivity index (χ0n) is 13.4. The standard InChI is InChI=1S/C17H23N3O2/c1-12-9-13(2)20(18-12)15-7-8-19(11-15)10-14-5-4-6-16(22-3)17(14)21/h4-6,9,15,21H,7-8,10-11H2,1-3H3/t15-/m1/s1. The number of ether oxygens (including phenoxy) is 1. The number of hydrogen-bond acceptors (Lipinski definition) is 4. The third-order valence-electron chi connectivity index (χ3n) is 4.33. The van der Waals surface area contributed by atoms with Crippen molar-refractivity contribution in [2.24, 2.45) is 0 Å². The van der Waals surface area contributed by atoms with Gasteiger partial charge in [-0.3, -0.25) is 9.58 Å². The summed E-state index contributed by atoms with van der Waals surface area (Å²) in [5.41, 5.74) is 3.20. The molecule has 1 aromatic heterocycles. The molecule has 1 aliphatic heterocycles. The van der Waals surface area contributed by atoms with Crippen LogP contribution in [0.5, 0.6) is 11.5 Å². The van der Waals surface area contributed by atoms with Gasteiger partial charge in [0.25, 0.3) is 0 Å². The first-order valence-corrected chi connectivity index (χ1v) is 7.68. The van der Waals surface area contributed by atoms with E-state index in [4.69, 9.17) is 4.74 Å². The zero-order chi connectivity index (χ0) is 15.7. The molecule has 0 saturated carbocycles. The van der Waals surface area contributed by atoms with Crippen molar-refractivity contribution in [2.75, 3.05) is 20.2 Å². The molecule has 3 rings (SSSR count). The van der Waals surface area contributed by atoms with Gasteiger partial charge in [0.2, 0.25) is 0 Å². The summed E-state index contributed by atoms with van der Waals surface area (Å²) in [7, 11) is 1.58. The molecule has 118 valence electrons. The second-order valence-electron chi connectivity index (χ2n) is 6.02. The minimum absolute atomic E-state index is 0.250. The Bertz CT molecular complexity index is 666. The number of aromatic hydroxyl groups is 1. The van der Waals surface area contributed by atoms with Gasteiger partial charge in [-0.15, -0.1) is 0 Å². The van der Waals surface area contributed by atoms with E-state index < -0.39 is 0 Å². The number of aromatic nitrogens is 2. The fraction of sp³-hybridized carbons (Fsp3) is 0.471. The van der Waals surface area contributed by atoms with E-state index in [0.29, 0.717) is 11.8 Å². The van der Waals surface area contributed by atoms with Gasteiger partial charge in [-0.1, -0.05) is 12.1 Å². The fourth-order valence-electron chi connectivity index (χ4n) is 3.27. The van der Waals surface area contributed by atoms with Gasteiger partial charge in [0, 0.05) is 30.9 Å². The van der Waals surface area contributed by atoms with Crippen LogP contribution >= 0.6 is 0 Å². The first-order valence-electron chi connectivity index (χ1n) is 7.68. The van der Waals surface area contributed by atoms with E-state index in [1.165, 1.54) is 5.69 Å². The van der Waals surface area contributed by atoms with Crippen LogP contribution in [0, 0.1) is 13.8 Å². The van der Waals surface area contributed by atoms with Crippen LogP contribution in [0.4, 0.5) is 0 Å². The summed E-state index contributed by atoms with van der Waals surface area (Å²) < 4.78 is 7.32. The molecule has 1 saturated heterocycles. The summed E-state index contributed by atoms with van der Waals surface area (Å²) in [5.74, 6) is 0.784. The molecular formula is C17H23N3O2. The number of phenolic OH excluding ortho intramolecular Hbond substituents is 1. The Morgan fingerprint density at radius 2 is 2.18 bits per heavy atom. The van der Waals surface area contributed by atoms with Gasteiger partial charge < -0.3 is 9.84 Å². The van der Waals surface area contributed by atoms with E-state index in [1.54, 1.807) is 13.2 Å². The van der Waals surface area contributed by atoms with Crippen LogP contribution in [0.15, 0.2) is 24.3 Å². The molecule has 1 atom stereocenters. The molecule has 22 heavy (non-hydrogen) atoms. The molecule has 1 fully saturated rings. The average molecular weight is 301 g/mol. The number of hydrogen-bond donors (Lipinski definition) is 1. The van der Waals surface area contributed by atoms with E-state index in [1.807, 2.05) is 19.1 Å². The fourth-order valence-corrected chi connectivity index (χ4v) is 3.27. The molecular weight excluding hydrogens is 278 g/mol. The highest BCUT2D eigenvalue weighted by molar-refractivity contribution is 5.45. The molecule has 5 heteroatoms. The molecule has 0 spiro atoms. The quantitative estimate of drug-likeness (QED) is 0.943.